The molecule has 2 N–H and O–H groups in total. The number of aromatic amines is 1. The Kier molecular flexibility index (Phi) is 5.33. The molecule has 7 nitrogen and oxygen atoms in total. The highest BCUT2D eigenvalue weighted by Crippen LogP contribution is 2.28. The van der Waals surface area contributed by atoms with Gasteiger partial charge in [-0.2, -0.15) is 5.21 Å². The van der Waals surface area contributed by atoms with Crippen molar-refractivity contribution < 1.29 is 4.79 Å². The van der Waals surface area contributed by atoms with Gasteiger partial charge in [-0.3, -0.25) is 9.78 Å². The number of hydrogen-bond donors (Lipinski definition) is 2. The summed E-state index contributed by atoms with van der Waals surface area (Å²) in [5.41, 5.74) is 3.99. The van der Waals surface area contributed by atoms with Crippen molar-refractivity contribution in [2.45, 2.75) is 25.7 Å². The van der Waals surface area contributed by atoms with Gasteiger partial charge in [-0.15, -0.1) is 10.2 Å². The lowest BCUT2D eigenvalue weighted by atomic mass is 10.0. The van der Waals surface area contributed by atoms with Crippen LogP contribution in [0.3, 0.4) is 0 Å². The molecule has 0 bridgehead atoms. The Balaban J connectivity index is 1.34. The third-order valence-electron chi connectivity index (χ3n) is 4.57. The summed E-state index contributed by atoms with van der Waals surface area (Å²) in [5.74, 6) is 0.690. The predicted molar refractivity (Wildman–Crippen MR) is 108 cm³/mol. The molecule has 0 spiro atoms. The Morgan fingerprint density at radius 1 is 1.00 bits per heavy atom. The Labute approximate surface area is 162 Å². The van der Waals surface area contributed by atoms with Crippen molar-refractivity contribution >= 4 is 22.5 Å². The average molecular weight is 372 g/mol. The van der Waals surface area contributed by atoms with Gasteiger partial charge in [0.15, 0.2) is 5.82 Å². The molecule has 0 aliphatic heterocycles. The van der Waals surface area contributed by atoms with E-state index in [0.29, 0.717) is 12.2 Å². The number of amides is 1. The summed E-state index contributed by atoms with van der Waals surface area (Å²) in [5, 5.41) is 17.8. The molecule has 0 fully saturated rings. The van der Waals surface area contributed by atoms with Crippen molar-refractivity contribution in [2.75, 3.05) is 5.32 Å². The van der Waals surface area contributed by atoms with Crippen LogP contribution in [0.25, 0.3) is 22.0 Å². The molecule has 0 aliphatic rings. The van der Waals surface area contributed by atoms with Crippen LogP contribution in [0, 0.1) is 0 Å². The van der Waals surface area contributed by atoms with E-state index < -0.39 is 0 Å². The molecule has 0 unspecified atom stereocenters. The lowest BCUT2D eigenvalue weighted by molar-refractivity contribution is -0.116. The maximum absolute atomic E-state index is 12.1. The number of hydrogen-bond acceptors (Lipinski definition) is 5. The largest absolute Gasteiger partial charge is 0.326 e. The average Bonchev–Trinajstić information content (AvgIpc) is 3.25. The molecule has 2 aromatic heterocycles. The molecule has 1 amide bonds. The third-order valence-corrected chi connectivity index (χ3v) is 4.57. The first kappa shape index (κ1) is 17.8. The predicted octanol–water partition coefficient (Wildman–Crippen LogP) is 3.77. The van der Waals surface area contributed by atoms with Gasteiger partial charge < -0.3 is 5.32 Å². The second kappa shape index (κ2) is 8.39. The number of unbranched alkanes of at least 4 members (excludes halogenated alkanes) is 1. The van der Waals surface area contributed by atoms with Gasteiger partial charge in [0.1, 0.15) is 0 Å². The van der Waals surface area contributed by atoms with Crippen LogP contribution in [0.15, 0.2) is 60.8 Å². The summed E-state index contributed by atoms with van der Waals surface area (Å²) in [7, 11) is 0. The Hall–Kier alpha value is -3.61. The molecule has 28 heavy (non-hydrogen) atoms. The summed E-state index contributed by atoms with van der Waals surface area (Å²) >= 11 is 0. The SMILES string of the molecule is O=C(CCCCc1nn[nH]n1)Nc1ccc(-c2ccnc3ccccc23)cc1. The lowest BCUT2D eigenvalue weighted by Gasteiger charge is -2.09. The van der Waals surface area contributed by atoms with E-state index in [4.69, 9.17) is 0 Å². The van der Waals surface area contributed by atoms with Crippen LogP contribution in [-0.4, -0.2) is 31.5 Å². The van der Waals surface area contributed by atoms with E-state index in [-0.39, 0.29) is 5.91 Å². The molecule has 7 heteroatoms. The fourth-order valence-corrected chi connectivity index (χ4v) is 3.16. The number of tetrazole rings is 1. The van der Waals surface area contributed by atoms with E-state index in [2.05, 4.69) is 37.0 Å². The monoisotopic (exact) mass is 372 g/mol. The van der Waals surface area contributed by atoms with E-state index in [9.17, 15) is 4.79 Å². The number of anilines is 1. The first-order valence-corrected chi connectivity index (χ1v) is 9.26. The highest BCUT2D eigenvalue weighted by molar-refractivity contribution is 5.95. The summed E-state index contributed by atoms with van der Waals surface area (Å²) in [4.78, 5) is 16.5. The Morgan fingerprint density at radius 3 is 2.68 bits per heavy atom. The second-order valence-corrected chi connectivity index (χ2v) is 6.54. The van der Waals surface area contributed by atoms with Gasteiger partial charge in [0.25, 0.3) is 0 Å². The number of aryl methyl sites for hydroxylation is 1. The topological polar surface area (TPSA) is 96.5 Å². The van der Waals surface area contributed by atoms with Gasteiger partial charge in [0, 0.05) is 30.1 Å². The minimum atomic E-state index is 0.00947. The number of nitrogens with one attached hydrogen (secondary N) is 2. The Bertz CT molecular complexity index is 1050. The highest BCUT2D eigenvalue weighted by Gasteiger charge is 2.06. The Morgan fingerprint density at radius 2 is 1.86 bits per heavy atom. The van der Waals surface area contributed by atoms with Crippen LogP contribution in [0.1, 0.15) is 25.1 Å². The molecule has 2 aromatic carbocycles. The fraction of sp³-hybridized carbons (Fsp3) is 0.190. The van der Waals surface area contributed by atoms with Gasteiger partial charge in [-0.1, -0.05) is 35.5 Å². The molecule has 0 saturated carbocycles. The van der Waals surface area contributed by atoms with Crippen LogP contribution in [0.2, 0.25) is 0 Å². The van der Waals surface area contributed by atoms with E-state index in [0.717, 1.165) is 47.0 Å². The molecule has 0 saturated heterocycles. The molecule has 4 rings (SSSR count). The maximum Gasteiger partial charge on any atom is 0.224 e. The lowest BCUT2D eigenvalue weighted by Crippen LogP contribution is -2.11. The van der Waals surface area contributed by atoms with Crippen LogP contribution < -0.4 is 5.32 Å². The van der Waals surface area contributed by atoms with Crippen molar-refractivity contribution in [3.63, 3.8) is 0 Å². The van der Waals surface area contributed by atoms with Gasteiger partial charge >= 0.3 is 0 Å². The molecule has 0 radical (unpaired) electrons. The smallest absolute Gasteiger partial charge is 0.224 e. The normalized spacial score (nSPS) is 10.9. The summed E-state index contributed by atoms with van der Waals surface area (Å²) in [6, 6.07) is 18.0. The maximum atomic E-state index is 12.1. The summed E-state index contributed by atoms with van der Waals surface area (Å²) in [6.07, 6.45) is 4.64. The highest BCUT2D eigenvalue weighted by atomic mass is 16.1. The zero-order chi connectivity index (χ0) is 19.2. The number of rotatable bonds is 7. The van der Waals surface area contributed by atoms with Crippen molar-refractivity contribution in [3.8, 4) is 11.1 Å². The molecule has 2 heterocycles. The number of fused-ring (bicyclic) bond motifs is 1. The number of carbonyl (C=O) groups excluding carboxylic acids is 1. The van der Waals surface area contributed by atoms with Gasteiger partial charge in [-0.25, -0.2) is 0 Å². The minimum absolute atomic E-state index is 0.00947. The first-order valence-electron chi connectivity index (χ1n) is 9.26. The fourth-order valence-electron chi connectivity index (χ4n) is 3.16. The number of carbonyl (C=O) groups is 1. The van der Waals surface area contributed by atoms with Gasteiger partial charge in [-0.05, 0) is 48.2 Å². The first-order chi connectivity index (χ1) is 13.8. The molecule has 4 aromatic rings. The second-order valence-electron chi connectivity index (χ2n) is 6.54. The van der Waals surface area contributed by atoms with Gasteiger partial charge in [0.2, 0.25) is 5.91 Å². The molecular weight excluding hydrogens is 352 g/mol. The summed E-state index contributed by atoms with van der Waals surface area (Å²) in [6.45, 7) is 0. The van der Waals surface area contributed by atoms with E-state index in [1.165, 1.54) is 0 Å². The number of para-hydroxylation sites is 1. The van der Waals surface area contributed by atoms with Crippen LogP contribution >= 0.6 is 0 Å². The number of aromatic nitrogens is 5. The van der Waals surface area contributed by atoms with E-state index >= 15 is 0 Å². The van der Waals surface area contributed by atoms with Crippen molar-refractivity contribution in [1.82, 2.24) is 25.6 Å². The third kappa shape index (κ3) is 4.20. The molecular formula is C21H20N6O. The van der Waals surface area contributed by atoms with E-state index in [1.54, 1.807) is 0 Å². The standard InChI is InChI=1S/C21H20N6O/c28-21(8-4-3-7-20-24-26-27-25-20)23-16-11-9-15(10-12-16)17-13-14-22-19-6-2-1-5-18(17)19/h1-2,5-6,9-14H,3-4,7-8H2,(H,23,28)(H,24,25,26,27). The van der Waals surface area contributed by atoms with Crippen molar-refractivity contribution in [3.05, 3.63) is 66.6 Å². The van der Waals surface area contributed by atoms with Gasteiger partial charge in [0.05, 0.1) is 5.52 Å². The molecule has 140 valence electrons. The number of nitrogens with zero attached hydrogens (tertiary/aromatic N) is 4. The van der Waals surface area contributed by atoms with Crippen LogP contribution in [-0.2, 0) is 11.2 Å². The quantitative estimate of drug-likeness (QED) is 0.481. The van der Waals surface area contributed by atoms with Crippen molar-refractivity contribution in [2.24, 2.45) is 0 Å². The van der Waals surface area contributed by atoms with E-state index in [1.807, 2.05) is 54.7 Å². The number of pyridine rings is 1. The zero-order valence-electron chi connectivity index (χ0n) is 15.3. The van der Waals surface area contributed by atoms with Crippen LogP contribution in [0.5, 0.6) is 0 Å². The minimum Gasteiger partial charge on any atom is -0.326 e. The number of H-pyrrole nitrogens is 1. The number of benzene rings is 2. The molecule has 0 aliphatic carbocycles. The molecule has 0 atom stereocenters. The zero-order valence-corrected chi connectivity index (χ0v) is 15.3. The van der Waals surface area contributed by atoms with Crippen molar-refractivity contribution in [1.29, 1.82) is 0 Å². The van der Waals surface area contributed by atoms with Crippen LogP contribution in [0.4, 0.5) is 5.69 Å². The summed E-state index contributed by atoms with van der Waals surface area (Å²) < 4.78 is 0.